The van der Waals surface area contributed by atoms with Gasteiger partial charge < -0.3 is 10.1 Å². The second-order valence-electron chi connectivity index (χ2n) is 7.14. The molecule has 1 N–H and O–H groups in total. The van der Waals surface area contributed by atoms with Crippen LogP contribution in [0.5, 0.6) is 0 Å². The summed E-state index contributed by atoms with van der Waals surface area (Å²) < 4.78 is 20.0. The molecule has 2 amide bonds. The zero-order chi connectivity index (χ0) is 18.4. The lowest BCUT2D eigenvalue weighted by Gasteiger charge is -2.31. The first kappa shape index (κ1) is 17.7. The second kappa shape index (κ2) is 6.33. The highest BCUT2D eigenvalue weighted by Crippen LogP contribution is 2.45. The van der Waals surface area contributed by atoms with E-state index in [2.05, 4.69) is 5.32 Å². The maximum atomic E-state index is 14.5. The lowest BCUT2D eigenvalue weighted by molar-refractivity contribution is -0.117. The van der Waals surface area contributed by atoms with Gasteiger partial charge in [0.25, 0.3) is 0 Å². The lowest BCUT2D eigenvalue weighted by atomic mass is 10.00. The molecule has 2 aliphatic rings. The molecule has 0 saturated heterocycles. The highest BCUT2D eigenvalue weighted by Gasteiger charge is 2.43. The first-order chi connectivity index (χ1) is 11.7. The first-order valence-corrected chi connectivity index (χ1v) is 8.53. The molecule has 1 unspecified atom stereocenters. The number of hydrogen-bond acceptors (Lipinski definition) is 3. The van der Waals surface area contributed by atoms with Gasteiger partial charge in [0.1, 0.15) is 11.4 Å². The Labute approximate surface area is 150 Å². The van der Waals surface area contributed by atoms with Crippen LogP contribution in [0.3, 0.4) is 0 Å². The molecule has 2 aliphatic heterocycles. The van der Waals surface area contributed by atoms with Crippen molar-refractivity contribution in [2.75, 3.05) is 6.54 Å². The molecule has 0 spiro atoms. The molecule has 2 heterocycles. The number of amides is 2. The van der Waals surface area contributed by atoms with Gasteiger partial charge in [0.15, 0.2) is 0 Å². The third-order valence-corrected chi connectivity index (χ3v) is 4.52. The van der Waals surface area contributed by atoms with Crippen molar-refractivity contribution in [3.63, 3.8) is 0 Å². The largest absolute Gasteiger partial charge is 0.443 e. The summed E-state index contributed by atoms with van der Waals surface area (Å²) in [6.07, 6.45) is 0.0979. The fourth-order valence-electron chi connectivity index (χ4n) is 3.24. The Morgan fingerprint density at radius 2 is 2.12 bits per heavy atom. The second-order valence-corrected chi connectivity index (χ2v) is 7.54. The maximum Gasteiger partial charge on any atom is 0.415 e. The predicted octanol–water partition coefficient (Wildman–Crippen LogP) is 3.94. The molecule has 0 aromatic heterocycles. The van der Waals surface area contributed by atoms with E-state index in [0.29, 0.717) is 24.2 Å². The van der Waals surface area contributed by atoms with Crippen LogP contribution in [0.4, 0.5) is 9.18 Å². The van der Waals surface area contributed by atoms with Gasteiger partial charge in [0.2, 0.25) is 5.91 Å². The number of ether oxygens (including phenoxy) is 1. The van der Waals surface area contributed by atoms with Crippen LogP contribution in [-0.4, -0.2) is 29.0 Å². The van der Waals surface area contributed by atoms with Gasteiger partial charge in [-0.15, -0.1) is 0 Å². The Hall–Kier alpha value is -2.08. The zero-order valence-corrected chi connectivity index (χ0v) is 15.1. The molecule has 25 heavy (non-hydrogen) atoms. The molecule has 5 nitrogen and oxygen atoms in total. The molecule has 0 radical (unpaired) electrons. The minimum atomic E-state index is -0.707. The van der Waals surface area contributed by atoms with E-state index < -0.39 is 23.6 Å². The highest BCUT2D eigenvalue weighted by molar-refractivity contribution is 6.31. The molecule has 1 aromatic carbocycles. The van der Waals surface area contributed by atoms with Gasteiger partial charge >= 0.3 is 6.09 Å². The van der Waals surface area contributed by atoms with Crippen LogP contribution in [0.25, 0.3) is 0 Å². The highest BCUT2D eigenvalue weighted by atomic mass is 35.5. The number of rotatable bonds is 1. The standard InChI is InChI=1S/C18H20ClFN2O3/c1-18(2,3)25-17(24)22-13-7-8-21-16(23)10(13)9-14(22)15-11(19)5-4-6-12(15)20/h4-6,14H,7-9H2,1-3H3,(H,21,23). The summed E-state index contributed by atoms with van der Waals surface area (Å²) in [4.78, 5) is 26.4. The van der Waals surface area contributed by atoms with Crippen LogP contribution in [0.2, 0.25) is 5.02 Å². The molecule has 3 rings (SSSR count). The fourth-order valence-corrected chi connectivity index (χ4v) is 3.53. The smallest absolute Gasteiger partial charge is 0.415 e. The van der Waals surface area contributed by atoms with Crippen molar-refractivity contribution in [1.82, 2.24) is 10.2 Å². The number of carbonyl (C=O) groups excluding carboxylic acids is 2. The third-order valence-electron chi connectivity index (χ3n) is 4.19. The number of benzene rings is 1. The van der Waals surface area contributed by atoms with Gasteiger partial charge in [0, 0.05) is 41.2 Å². The Morgan fingerprint density at radius 3 is 2.76 bits per heavy atom. The number of hydrogen-bond donors (Lipinski definition) is 1. The molecule has 0 saturated carbocycles. The van der Waals surface area contributed by atoms with Crippen molar-refractivity contribution < 1.29 is 18.7 Å². The van der Waals surface area contributed by atoms with Crippen LogP contribution in [-0.2, 0) is 9.53 Å². The zero-order valence-electron chi connectivity index (χ0n) is 14.4. The molecule has 1 aromatic rings. The topological polar surface area (TPSA) is 58.6 Å². The number of nitrogens with zero attached hydrogens (tertiary/aromatic N) is 1. The minimum Gasteiger partial charge on any atom is -0.443 e. The van der Waals surface area contributed by atoms with Gasteiger partial charge in [-0.1, -0.05) is 17.7 Å². The van der Waals surface area contributed by atoms with E-state index in [-0.39, 0.29) is 22.9 Å². The van der Waals surface area contributed by atoms with Gasteiger partial charge in [0.05, 0.1) is 6.04 Å². The van der Waals surface area contributed by atoms with Crippen LogP contribution < -0.4 is 5.32 Å². The molecule has 0 fully saturated rings. The Bertz CT molecular complexity index is 750. The van der Waals surface area contributed by atoms with Crippen LogP contribution in [0.1, 0.15) is 45.2 Å². The average molecular weight is 367 g/mol. The van der Waals surface area contributed by atoms with Crippen molar-refractivity contribution >= 4 is 23.6 Å². The van der Waals surface area contributed by atoms with Gasteiger partial charge in [-0.25, -0.2) is 9.18 Å². The van der Waals surface area contributed by atoms with Crippen molar-refractivity contribution in [1.29, 1.82) is 0 Å². The summed E-state index contributed by atoms with van der Waals surface area (Å²) in [5.41, 5.74) is 0.571. The Kier molecular flexibility index (Phi) is 4.49. The summed E-state index contributed by atoms with van der Waals surface area (Å²) in [7, 11) is 0. The summed E-state index contributed by atoms with van der Waals surface area (Å²) in [6, 6.07) is 3.68. The fraction of sp³-hybridized carbons (Fsp3) is 0.444. The van der Waals surface area contributed by atoms with E-state index in [9.17, 15) is 14.0 Å². The maximum absolute atomic E-state index is 14.5. The number of carbonyl (C=O) groups is 2. The summed E-state index contributed by atoms with van der Waals surface area (Å²) in [6.45, 7) is 5.70. The molecule has 0 bridgehead atoms. The van der Waals surface area contributed by atoms with Crippen molar-refractivity contribution in [2.24, 2.45) is 0 Å². The van der Waals surface area contributed by atoms with Crippen LogP contribution >= 0.6 is 11.6 Å². The third kappa shape index (κ3) is 3.35. The average Bonchev–Trinajstić information content (AvgIpc) is 2.86. The van der Waals surface area contributed by atoms with Crippen molar-refractivity contribution in [3.05, 3.63) is 45.9 Å². The Balaban J connectivity index is 2.06. The quantitative estimate of drug-likeness (QED) is 0.819. The normalized spacial score (nSPS) is 20.4. The molecule has 1 atom stereocenters. The van der Waals surface area contributed by atoms with Gasteiger partial charge in [-0.2, -0.15) is 0 Å². The molecular weight excluding hydrogens is 347 g/mol. The van der Waals surface area contributed by atoms with Crippen LogP contribution in [0.15, 0.2) is 29.5 Å². The van der Waals surface area contributed by atoms with Crippen molar-refractivity contribution in [3.8, 4) is 0 Å². The van der Waals surface area contributed by atoms with E-state index >= 15 is 0 Å². The van der Waals surface area contributed by atoms with E-state index in [1.54, 1.807) is 26.8 Å². The monoisotopic (exact) mass is 366 g/mol. The number of halogens is 2. The molecule has 134 valence electrons. The van der Waals surface area contributed by atoms with Crippen LogP contribution in [0, 0.1) is 5.82 Å². The van der Waals surface area contributed by atoms with Gasteiger partial charge in [-0.3, -0.25) is 9.69 Å². The van der Waals surface area contributed by atoms with E-state index in [4.69, 9.17) is 16.3 Å². The Morgan fingerprint density at radius 1 is 1.40 bits per heavy atom. The molecule has 7 heteroatoms. The van der Waals surface area contributed by atoms with E-state index in [0.717, 1.165) is 0 Å². The summed E-state index contributed by atoms with van der Waals surface area (Å²) in [5, 5.41) is 2.98. The number of nitrogens with one attached hydrogen (secondary N) is 1. The SMILES string of the molecule is CC(C)(C)OC(=O)N1C2=C(CC1c1c(F)cccc1Cl)C(=O)NCC2. The molecular formula is C18H20ClFN2O3. The summed E-state index contributed by atoms with van der Waals surface area (Å²) >= 11 is 6.21. The van der Waals surface area contributed by atoms with E-state index in [1.807, 2.05) is 0 Å². The van der Waals surface area contributed by atoms with Gasteiger partial charge in [-0.05, 0) is 32.9 Å². The van der Waals surface area contributed by atoms with E-state index in [1.165, 1.54) is 17.0 Å². The first-order valence-electron chi connectivity index (χ1n) is 8.15. The summed E-state index contributed by atoms with van der Waals surface area (Å²) in [5.74, 6) is -0.740. The minimum absolute atomic E-state index is 0.206. The molecule has 0 aliphatic carbocycles. The van der Waals surface area contributed by atoms with Crippen molar-refractivity contribution in [2.45, 2.75) is 45.3 Å². The lowest BCUT2D eigenvalue weighted by Crippen LogP contribution is -2.39. The predicted molar refractivity (Wildman–Crippen MR) is 91.5 cm³/mol.